The Labute approximate surface area is 103 Å². The van der Waals surface area contributed by atoms with Gasteiger partial charge in [-0.15, -0.1) is 0 Å². The maximum atomic E-state index is 6.03. The zero-order valence-electron chi connectivity index (χ0n) is 10.4. The highest BCUT2D eigenvalue weighted by Crippen LogP contribution is 2.33. The third-order valence-corrected chi connectivity index (χ3v) is 5.00. The molecular weight excluding hydrogens is 220 g/mol. The lowest BCUT2D eigenvalue weighted by molar-refractivity contribution is -0.0455. The Morgan fingerprint density at radius 2 is 2.06 bits per heavy atom. The summed E-state index contributed by atoms with van der Waals surface area (Å²) in [4.78, 5) is 2.60. The fourth-order valence-corrected chi connectivity index (χ4v) is 4.27. The number of nitrogens with zero attached hydrogens (tertiary/aromatic N) is 1. The Hall–Kier alpha value is 0.230. The first-order valence-corrected chi connectivity index (χ1v) is 7.29. The van der Waals surface area contributed by atoms with Gasteiger partial charge in [0.25, 0.3) is 0 Å². The molecule has 3 unspecified atom stereocenters. The molecule has 3 nitrogen and oxygen atoms in total. The Kier molecular flexibility index (Phi) is 4.16. The zero-order chi connectivity index (χ0) is 11.6. The van der Waals surface area contributed by atoms with Gasteiger partial charge in [-0.3, -0.25) is 4.90 Å². The Balaban J connectivity index is 2.07. The molecule has 2 N–H and O–H groups in total. The summed E-state index contributed by atoms with van der Waals surface area (Å²) in [5.74, 6) is 0. The summed E-state index contributed by atoms with van der Waals surface area (Å²) in [6.45, 7) is 9.44. The van der Waals surface area contributed by atoms with Crippen LogP contribution in [0.2, 0.25) is 0 Å². The summed E-state index contributed by atoms with van der Waals surface area (Å²) in [6, 6.07) is 0. The number of thioether (sulfide) groups is 1. The highest BCUT2D eigenvalue weighted by Gasteiger charge is 2.40. The van der Waals surface area contributed by atoms with Crippen molar-refractivity contribution in [3.8, 4) is 0 Å². The van der Waals surface area contributed by atoms with Crippen LogP contribution in [0.3, 0.4) is 0 Å². The molecule has 0 saturated carbocycles. The molecule has 4 heteroatoms. The minimum Gasteiger partial charge on any atom is -0.379 e. The zero-order valence-corrected chi connectivity index (χ0v) is 11.3. The molecule has 0 aliphatic carbocycles. The highest BCUT2D eigenvalue weighted by molar-refractivity contribution is 8.00. The monoisotopic (exact) mass is 244 g/mol. The van der Waals surface area contributed by atoms with Crippen LogP contribution in [0, 0.1) is 0 Å². The van der Waals surface area contributed by atoms with E-state index in [4.69, 9.17) is 10.5 Å². The van der Waals surface area contributed by atoms with E-state index >= 15 is 0 Å². The lowest BCUT2D eigenvalue weighted by Gasteiger charge is -2.49. The van der Waals surface area contributed by atoms with Gasteiger partial charge in [0.1, 0.15) is 0 Å². The van der Waals surface area contributed by atoms with E-state index in [1.165, 1.54) is 6.42 Å². The number of rotatable bonds is 2. The van der Waals surface area contributed by atoms with Crippen molar-refractivity contribution in [1.29, 1.82) is 0 Å². The second-order valence-electron chi connectivity index (χ2n) is 5.25. The molecule has 0 bridgehead atoms. The molecule has 16 heavy (non-hydrogen) atoms. The van der Waals surface area contributed by atoms with Gasteiger partial charge in [-0.2, -0.15) is 11.8 Å². The number of ether oxygens (including phenoxy) is 1. The van der Waals surface area contributed by atoms with Gasteiger partial charge < -0.3 is 10.5 Å². The van der Waals surface area contributed by atoms with Gasteiger partial charge in [-0.1, -0.05) is 13.8 Å². The van der Waals surface area contributed by atoms with Crippen LogP contribution in [0.1, 0.15) is 26.7 Å². The lowest BCUT2D eigenvalue weighted by Crippen LogP contribution is -2.62. The average molecular weight is 244 g/mol. The molecule has 3 atom stereocenters. The van der Waals surface area contributed by atoms with E-state index in [2.05, 4.69) is 30.5 Å². The maximum Gasteiger partial charge on any atom is 0.0662 e. The van der Waals surface area contributed by atoms with Crippen molar-refractivity contribution >= 4 is 11.8 Å². The SMILES string of the molecule is CC1CN(C2(CN)CCCOC2)CC(C)S1. The summed E-state index contributed by atoms with van der Waals surface area (Å²) >= 11 is 2.09. The molecule has 0 aromatic rings. The lowest BCUT2D eigenvalue weighted by atomic mass is 9.89. The predicted octanol–water partition coefficient (Wildman–Crippen LogP) is 1.32. The van der Waals surface area contributed by atoms with Crippen LogP contribution < -0.4 is 5.73 Å². The third-order valence-electron chi connectivity index (χ3n) is 3.77. The molecule has 0 aromatic heterocycles. The van der Waals surface area contributed by atoms with Crippen molar-refractivity contribution in [1.82, 2.24) is 4.90 Å². The third kappa shape index (κ3) is 2.55. The molecule has 0 aromatic carbocycles. The molecule has 94 valence electrons. The van der Waals surface area contributed by atoms with E-state index in [0.29, 0.717) is 10.5 Å². The first kappa shape index (κ1) is 12.7. The van der Waals surface area contributed by atoms with Crippen LogP contribution in [0.25, 0.3) is 0 Å². The predicted molar refractivity (Wildman–Crippen MR) is 69.9 cm³/mol. The fraction of sp³-hybridized carbons (Fsp3) is 1.00. The summed E-state index contributed by atoms with van der Waals surface area (Å²) in [6.07, 6.45) is 2.36. The van der Waals surface area contributed by atoms with E-state index in [0.717, 1.165) is 39.3 Å². The van der Waals surface area contributed by atoms with E-state index in [1.54, 1.807) is 0 Å². The smallest absolute Gasteiger partial charge is 0.0662 e. The van der Waals surface area contributed by atoms with Gasteiger partial charge >= 0.3 is 0 Å². The first-order valence-electron chi connectivity index (χ1n) is 6.34. The van der Waals surface area contributed by atoms with Crippen LogP contribution in [0.4, 0.5) is 0 Å². The van der Waals surface area contributed by atoms with Crippen molar-refractivity contribution in [2.24, 2.45) is 5.73 Å². The largest absolute Gasteiger partial charge is 0.379 e. The van der Waals surface area contributed by atoms with Crippen LogP contribution in [0.5, 0.6) is 0 Å². The molecule has 2 fully saturated rings. The topological polar surface area (TPSA) is 38.5 Å². The quantitative estimate of drug-likeness (QED) is 0.795. The highest BCUT2D eigenvalue weighted by atomic mass is 32.2. The van der Waals surface area contributed by atoms with Crippen molar-refractivity contribution in [3.63, 3.8) is 0 Å². The van der Waals surface area contributed by atoms with Gasteiger partial charge in [0.15, 0.2) is 0 Å². The molecular formula is C12H24N2OS. The average Bonchev–Trinajstić information content (AvgIpc) is 2.28. The van der Waals surface area contributed by atoms with Crippen LogP contribution in [0.15, 0.2) is 0 Å². The number of hydrogen-bond donors (Lipinski definition) is 1. The second kappa shape index (κ2) is 5.25. The van der Waals surface area contributed by atoms with E-state index in [9.17, 15) is 0 Å². The summed E-state index contributed by atoms with van der Waals surface area (Å²) in [5, 5.41) is 1.43. The van der Waals surface area contributed by atoms with Gasteiger partial charge in [0.05, 0.1) is 12.1 Å². The summed E-state index contributed by atoms with van der Waals surface area (Å²) < 4.78 is 5.67. The molecule has 0 spiro atoms. The molecule has 2 aliphatic heterocycles. The van der Waals surface area contributed by atoms with Crippen LogP contribution in [-0.4, -0.2) is 53.8 Å². The number of nitrogens with two attached hydrogens (primary N) is 1. The van der Waals surface area contributed by atoms with E-state index in [1.807, 2.05) is 0 Å². The van der Waals surface area contributed by atoms with Gasteiger partial charge in [-0.05, 0) is 12.8 Å². The Morgan fingerprint density at radius 3 is 2.56 bits per heavy atom. The van der Waals surface area contributed by atoms with E-state index < -0.39 is 0 Å². The van der Waals surface area contributed by atoms with E-state index in [-0.39, 0.29) is 5.54 Å². The fourth-order valence-electron chi connectivity index (χ4n) is 2.94. The van der Waals surface area contributed by atoms with Gasteiger partial charge in [0.2, 0.25) is 0 Å². The summed E-state index contributed by atoms with van der Waals surface area (Å²) in [7, 11) is 0. The Morgan fingerprint density at radius 1 is 1.38 bits per heavy atom. The molecule has 2 heterocycles. The second-order valence-corrected chi connectivity index (χ2v) is 7.13. The number of hydrogen-bond acceptors (Lipinski definition) is 4. The molecule has 0 radical (unpaired) electrons. The van der Waals surface area contributed by atoms with Crippen molar-refractivity contribution in [2.45, 2.75) is 42.7 Å². The van der Waals surface area contributed by atoms with Gasteiger partial charge in [-0.25, -0.2) is 0 Å². The molecule has 2 saturated heterocycles. The Bertz CT molecular complexity index is 221. The molecule has 0 amide bonds. The molecule has 2 rings (SSSR count). The van der Waals surface area contributed by atoms with Gasteiger partial charge in [0, 0.05) is 36.7 Å². The van der Waals surface area contributed by atoms with Crippen LogP contribution in [-0.2, 0) is 4.74 Å². The van der Waals surface area contributed by atoms with Crippen LogP contribution >= 0.6 is 11.8 Å². The minimum absolute atomic E-state index is 0.127. The standard InChI is InChI=1S/C12H24N2OS/c1-10-6-14(7-11(2)16-10)12(8-13)4-3-5-15-9-12/h10-11H,3-9,13H2,1-2H3. The maximum absolute atomic E-state index is 6.03. The molecule has 2 aliphatic rings. The first-order chi connectivity index (χ1) is 7.66. The minimum atomic E-state index is 0.127. The summed E-state index contributed by atoms with van der Waals surface area (Å²) in [5.41, 5.74) is 6.16. The normalized spacial score (nSPS) is 42.2. The van der Waals surface area contributed by atoms with Crippen molar-refractivity contribution in [2.75, 3.05) is 32.8 Å². The van der Waals surface area contributed by atoms with Crippen molar-refractivity contribution in [3.05, 3.63) is 0 Å². The van der Waals surface area contributed by atoms with Crippen molar-refractivity contribution < 1.29 is 4.74 Å².